The van der Waals surface area contributed by atoms with Crippen molar-refractivity contribution in [1.29, 1.82) is 0 Å². The van der Waals surface area contributed by atoms with Gasteiger partial charge >= 0.3 is 0 Å². The lowest BCUT2D eigenvalue weighted by Crippen LogP contribution is -2.23. The van der Waals surface area contributed by atoms with Gasteiger partial charge in [-0.2, -0.15) is 0 Å². The molecule has 1 aliphatic heterocycles. The molecule has 0 saturated carbocycles. The number of carbonyl (C=O) groups excluding carboxylic acids is 1. The van der Waals surface area contributed by atoms with Gasteiger partial charge in [-0.05, 0) is 12.1 Å². The topological polar surface area (TPSA) is 75.5 Å². The van der Waals surface area contributed by atoms with Gasteiger partial charge in [-0.25, -0.2) is 9.97 Å². The minimum atomic E-state index is -0.246. The van der Waals surface area contributed by atoms with Crippen LogP contribution in [0.3, 0.4) is 0 Å². The summed E-state index contributed by atoms with van der Waals surface area (Å²) in [7, 11) is 1.51. The largest absolute Gasteiger partial charge is 0.496 e. The zero-order valence-corrected chi connectivity index (χ0v) is 11.4. The fraction of sp³-hybridized carbons (Fsp3) is 0.154. The van der Waals surface area contributed by atoms with E-state index in [4.69, 9.17) is 4.74 Å². The number of hydrogen-bond acceptors (Lipinski definition) is 7. The maximum Gasteiger partial charge on any atom is 0.168 e. The van der Waals surface area contributed by atoms with Gasteiger partial charge in [-0.15, -0.1) is 0 Å². The first-order valence-electron chi connectivity index (χ1n) is 5.83. The average molecular weight is 289 g/mol. The van der Waals surface area contributed by atoms with Crippen LogP contribution in [-0.4, -0.2) is 35.2 Å². The molecular weight excluding hydrogens is 278 g/mol. The van der Waals surface area contributed by atoms with Gasteiger partial charge in [0.1, 0.15) is 17.5 Å². The van der Waals surface area contributed by atoms with Crippen LogP contribution in [0.4, 0.5) is 11.5 Å². The van der Waals surface area contributed by atoms with Crippen LogP contribution in [0, 0.1) is 0 Å². The number of nitrogens with zero attached hydrogens (tertiary/aromatic N) is 3. The number of rotatable bonds is 3. The van der Waals surface area contributed by atoms with Gasteiger partial charge in [0.15, 0.2) is 12.1 Å². The van der Waals surface area contributed by atoms with Gasteiger partial charge in [0.25, 0.3) is 0 Å². The molecule has 0 aliphatic carbocycles. The fourth-order valence-electron chi connectivity index (χ4n) is 2.06. The van der Waals surface area contributed by atoms with Crippen molar-refractivity contribution < 1.29 is 14.6 Å². The highest BCUT2D eigenvalue weighted by Gasteiger charge is 2.26. The minimum absolute atomic E-state index is 0.246. The number of anilines is 2. The Balaban J connectivity index is 2.19. The Bertz CT molecular complexity index is 678. The van der Waals surface area contributed by atoms with Crippen LogP contribution in [0.15, 0.2) is 34.4 Å². The third kappa shape index (κ3) is 1.91. The van der Waals surface area contributed by atoms with Gasteiger partial charge < -0.3 is 9.84 Å². The summed E-state index contributed by atoms with van der Waals surface area (Å²) in [5, 5.41) is 10.3. The number of aliphatic hydroxyl groups is 1. The third-order valence-corrected chi connectivity index (χ3v) is 4.01. The van der Waals surface area contributed by atoms with E-state index in [-0.39, 0.29) is 6.73 Å². The van der Waals surface area contributed by atoms with E-state index >= 15 is 0 Å². The van der Waals surface area contributed by atoms with E-state index in [1.807, 2.05) is 0 Å². The number of fused-ring (bicyclic) bond motifs is 2. The van der Waals surface area contributed by atoms with Gasteiger partial charge in [0.05, 0.1) is 18.4 Å². The monoisotopic (exact) mass is 289 g/mol. The standard InChI is InChI=1S/C13H11N3O3S/c1-19-10-5-11-9(4-8(10)6-17)16(7-18)12-13(20-11)15-3-2-14-12/h2-6,18H,7H2,1H3. The van der Waals surface area contributed by atoms with Crippen molar-refractivity contribution in [3.63, 3.8) is 0 Å². The summed E-state index contributed by atoms with van der Waals surface area (Å²) in [5.41, 5.74) is 1.14. The van der Waals surface area contributed by atoms with Crippen LogP contribution in [0.25, 0.3) is 0 Å². The Morgan fingerprint density at radius 3 is 2.90 bits per heavy atom. The van der Waals surface area contributed by atoms with E-state index in [1.54, 1.807) is 29.4 Å². The van der Waals surface area contributed by atoms with Gasteiger partial charge in [0, 0.05) is 17.3 Å². The first-order chi connectivity index (χ1) is 9.78. The smallest absolute Gasteiger partial charge is 0.168 e. The minimum Gasteiger partial charge on any atom is -0.496 e. The molecule has 0 saturated heterocycles. The quantitative estimate of drug-likeness (QED) is 0.864. The molecular formula is C13H11N3O3S. The summed E-state index contributed by atoms with van der Waals surface area (Å²) in [6, 6.07) is 3.45. The van der Waals surface area contributed by atoms with Crippen molar-refractivity contribution in [2.24, 2.45) is 0 Å². The van der Waals surface area contributed by atoms with E-state index < -0.39 is 0 Å². The lowest BCUT2D eigenvalue weighted by molar-refractivity contribution is 0.112. The second-order valence-electron chi connectivity index (χ2n) is 4.04. The van der Waals surface area contributed by atoms with Gasteiger partial charge in [0.2, 0.25) is 0 Å². The van der Waals surface area contributed by atoms with Crippen LogP contribution in [0.1, 0.15) is 10.4 Å². The summed E-state index contributed by atoms with van der Waals surface area (Å²) in [6.45, 7) is -0.246. The second-order valence-corrected chi connectivity index (χ2v) is 5.07. The summed E-state index contributed by atoms with van der Waals surface area (Å²) >= 11 is 1.43. The molecule has 6 nitrogen and oxygen atoms in total. The van der Waals surface area contributed by atoms with Crippen molar-refractivity contribution in [3.05, 3.63) is 30.1 Å². The van der Waals surface area contributed by atoms with Gasteiger partial charge in [-0.1, -0.05) is 11.8 Å². The number of ether oxygens (including phenoxy) is 1. The number of benzene rings is 1. The van der Waals surface area contributed by atoms with Crippen LogP contribution < -0.4 is 9.64 Å². The molecule has 2 aromatic rings. The normalized spacial score (nSPS) is 12.6. The molecule has 102 valence electrons. The second kappa shape index (κ2) is 5.10. The Labute approximate surface area is 119 Å². The molecule has 0 fully saturated rings. The number of aldehydes is 1. The molecule has 0 atom stereocenters. The number of aromatic nitrogens is 2. The molecule has 0 amide bonds. The van der Waals surface area contributed by atoms with Crippen molar-refractivity contribution in [1.82, 2.24) is 9.97 Å². The van der Waals surface area contributed by atoms with E-state index in [0.717, 1.165) is 11.2 Å². The Hall–Kier alpha value is -2.12. The molecule has 1 aliphatic rings. The molecule has 0 unspecified atom stereocenters. The van der Waals surface area contributed by atoms with E-state index in [2.05, 4.69) is 9.97 Å². The fourth-order valence-corrected chi connectivity index (χ4v) is 3.08. The highest BCUT2D eigenvalue weighted by atomic mass is 32.2. The molecule has 0 radical (unpaired) electrons. The summed E-state index contributed by atoms with van der Waals surface area (Å²) in [5.74, 6) is 1.07. The first-order valence-corrected chi connectivity index (χ1v) is 6.64. The predicted molar refractivity (Wildman–Crippen MR) is 73.8 cm³/mol. The summed E-state index contributed by atoms with van der Waals surface area (Å²) in [4.78, 5) is 22.1. The average Bonchev–Trinajstić information content (AvgIpc) is 2.51. The van der Waals surface area contributed by atoms with Crippen molar-refractivity contribution >= 4 is 29.6 Å². The first kappa shape index (κ1) is 12.9. The van der Waals surface area contributed by atoms with E-state index in [1.165, 1.54) is 18.9 Å². The zero-order chi connectivity index (χ0) is 14.1. The lowest BCUT2D eigenvalue weighted by Gasteiger charge is -2.29. The lowest BCUT2D eigenvalue weighted by atomic mass is 10.1. The van der Waals surface area contributed by atoms with Gasteiger partial charge in [-0.3, -0.25) is 9.69 Å². The predicted octanol–water partition coefficient (Wildman–Crippen LogP) is 1.85. The molecule has 1 aromatic heterocycles. The number of hydrogen-bond donors (Lipinski definition) is 1. The SMILES string of the molecule is COc1cc2c(cc1C=O)N(CO)c1nccnc1S2. The van der Waals surface area contributed by atoms with Crippen molar-refractivity contribution in [2.75, 3.05) is 18.7 Å². The Morgan fingerprint density at radius 1 is 1.40 bits per heavy atom. The molecule has 3 rings (SSSR count). The molecule has 7 heteroatoms. The van der Waals surface area contributed by atoms with Crippen LogP contribution in [-0.2, 0) is 0 Å². The maximum atomic E-state index is 11.1. The Kier molecular flexibility index (Phi) is 3.29. The summed E-state index contributed by atoms with van der Waals surface area (Å²) < 4.78 is 5.20. The molecule has 0 spiro atoms. The number of methoxy groups -OCH3 is 1. The number of aliphatic hydroxyl groups excluding tert-OH is 1. The van der Waals surface area contributed by atoms with Crippen molar-refractivity contribution in [3.8, 4) is 5.75 Å². The van der Waals surface area contributed by atoms with E-state index in [9.17, 15) is 9.90 Å². The Morgan fingerprint density at radius 2 is 2.20 bits per heavy atom. The van der Waals surface area contributed by atoms with Crippen LogP contribution >= 0.6 is 11.8 Å². The highest BCUT2D eigenvalue weighted by Crippen LogP contribution is 2.47. The molecule has 0 bridgehead atoms. The summed E-state index contributed by atoms with van der Waals surface area (Å²) in [6.07, 6.45) is 3.89. The van der Waals surface area contributed by atoms with Crippen molar-refractivity contribution in [2.45, 2.75) is 9.92 Å². The van der Waals surface area contributed by atoms with Crippen LogP contribution in [0.5, 0.6) is 5.75 Å². The maximum absolute atomic E-state index is 11.1. The third-order valence-electron chi connectivity index (χ3n) is 2.98. The molecule has 1 N–H and O–H groups in total. The number of carbonyl (C=O) groups is 1. The molecule has 20 heavy (non-hydrogen) atoms. The van der Waals surface area contributed by atoms with E-state index in [0.29, 0.717) is 27.8 Å². The molecule has 1 aromatic carbocycles. The van der Waals surface area contributed by atoms with Crippen LogP contribution in [0.2, 0.25) is 0 Å². The molecule has 2 heterocycles. The zero-order valence-electron chi connectivity index (χ0n) is 10.6. The highest BCUT2D eigenvalue weighted by molar-refractivity contribution is 7.99.